The van der Waals surface area contributed by atoms with E-state index in [1.54, 1.807) is 12.1 Å². The highest BCUT2D eigenvalue weighted by Crippen LogP contribution is 2.37. The highest BCUT2D eigenvalue weighted by Gasteiger charge is 2.18. The first kappa shape index (κ1) is 12.8. The van der Waals surface area contributed by atoms with Crippen molar-refractivity contribution in [3.8, 4) is 5.06 Å². The molecule has 100 valence electrons. The molecule has 0 amide bonds. The second kappa shape index (κ2) is 5.06. The van der Waals surface area contributed by atoms with Crippen molar-refractivity contribution in [3.63, 3.8) is 0 Å². The maximum atomic E-state index is 12.8. The molecule has 0 spiro atoms. The van der Waals surface area contributed by atoms with E-state index in [0.29, 0.717) is 5.56 Å². The van der Waals surface area contributed by atoms with Gasteiger partial charge in [0.15, 0.2) is 10.8 Å². The number of ketones is 1. The number of rotatable bonds is 3. The van der Waals surface area contributed by atoms with Crippen molar-refractivity contribution in [3.05, 3.63) is 65.5 Å². The molecular weight excluding hydrogens is 275 g/mol. The third-order valence-corrected chi connectivity index (χ3v) is 4.11. The molecule has 2 nitrogen and oxygen atoms in total. The molecule has 20 heavy (non-hydrogen) atoms. The number of aromatic hydroxyl groups is 1. The van der Waals surface area contributed by atoms with E-state index < -0.39 is 0 Å². The minimum atomic E-state index is -0.329. The van der Waals surface area contributed by atoms with Gasteiger partial charge in [0.1, 0.15) is 5.82 Å². The predicted molar refractivity (Wildman–Crippen MR) is 77.9 cm³/mol. The van der Waals surface area contributed by atoms with Crippen LogP contribution < -0.4 is 0 Å². The molecule has 3 aromatic rings. The van der Waals surface area contributed by atoms with E-state index in [1.165, 1.54) is 23.5 Å². The quantitative estimate of drug-likeness (QED) is 0.734. The Labute approximate surface area is 119 Å². The zero-order valence-corrected chi connectivity index (χ0v) is 11.3. The van der Waals surface area contributed by atoms with Crippen LogP contribution in [0.2, 0.25) is 0 Å². The summed E-state index contributed by atoms with van der Waals surface area (Å²) in [5, 5.41) is 10.8. The van der Waals surface area contributed by atoms with Gasteiger partial charge < -0.3 is 5.11 Å². The molecule has 0 bridgehead atoms. The number of thiophene rings is 1. The molecule has 3 rings (SSSR count). The molecular formula is C16H11FO2S. The summed E-state index contributed by atoms with van der Waals surface area (Å²) in [7, 11) is 0. The lowest BCUT2D eigenvalue weighted by Crippen LogP contribution is -2.03. The van der Waals surface area contributed by atoms with Gasteiger partial charge in [0.25, 0.3) is 0 Å². The minimum absolute atomic E-state index is 0.0401. The number of hydrogen-bond donors (Lipinski definition) is 1. The van der Waals surface area contributed by atoms with E-state index in [1.807, 2.05) is 24.3 Å². The lowest BCUT2D eigenvalue weighted by Gasteiger charge is -2.01. The van der Waals surface area contributed by atoms with E-state index in [2.05, 4.69) is 0 Å². The molecule has 0 aliphatic heterocycles. The first-order valence-corrected chi connectivity index (χ1v) is 6.95. The second-order valence-electron chi connectivity index (χ2n) is 4.50. The Balaban J connectivity index is 1.96. The summed E-state index contributed by atoms with van der Waals surface area (Å²) in [5.74, 6) is -0.489. The van der Waals surface area contributed by atoms with Crippen molar-refractivity contribution < 1.29 is 14.3 Å². The minimum Gasteiger partial charge on any atom is -0.499 e. The molecule has 0 atom stereocenters. The molecule has 1 heterocycles. The van der Waals surface area contributed by atoms with Crippen LogP contribution in [0.25, 0.3) is 10.1 Å². The van der Waals surface area contributed by atoms with Gasteiger partial charge in [0.05, 0.1) is 5.56 Å². The van der Waals surface area contributed by atoms with Gasteiger partial charge in [-0.2, -0.15) is 0 Å². The van der Waals surface area contributed by atoms with Crippen LogP contribution in [0.5, 0.6) is 5.06 Å². The monoisotopic (exact) mass is 286 g/mol. The Morgan fingerprint density at radius 3 is 2.55 bits per heavy atom. The number of hydrogen-bond acceptors (Lipinski definition) is 3. The zero-order valence-electron chi connectivity index (χ0n) is 10.5. The first-order valence-electron chi connectivity index (χ1n) is 6.13. The molecule has 0 aliphatic carbocycles. The average Bonchev–Trinajstić information content (AvgIpc) is 2.77. The van der Waals surface area contributed by atoms with E-state index in [4.69, 9.17) is 0 Å². The molecule has 4 heteroatoms. The maximum absolute atomic E-state index is 12.8. The standard InChI is InChI=1S/C16H11FO2S/c17-11-7-5-10(6-8-11)9-13(18)15-12-3-1-2-4-14(12)20-16(15)19/h1-8,19H,9H2. The Kier molecular flexibility index (Phi) is 3.24. The lowest BCUT2D eigenvalue weighted by molar-refractivity contribution is 0.0992. The molecule has 2 aromatic carbocycles. The van der Waals surface area contributed by atoms with Gasteiger partial charge in [0.2, 0.25) is 0 Å². The highest BCUT2D eigenvalue weighted by atomic mass is 32.1. The summed E-state index contributed by atoms with van der Waals surface area (Å²) < 4.78 is 13.7. The van der Waals surface area contributed by atoms with E-state index >= 15 is 0 Å². The Morgan fingerprint density at radius 2 is 1.80 bits per heavy atom. The van der Waals surface area contributed by atoms with Gasteiger partial charge in [-0.15, -0.1) is 0 Å². The topological polar surface area (TPSA) is 37.3 Å². The van der Waals surface area contributed by atoms with Crippen LogP contribution in [0.3, 0.4) is 0 Å². The first-order chi connectivity index (χ1) is 9.65. The second-order valence-corrected chi connectivity index (χ2v) is 5.54. The predicted octanol–water partition coefficient (Wildman–Crippen LogP) is 4.17. The van der Waals surface area contributed by atoms with Gasteiger partial charge in [-0.05, 0) is 23.8 Å². The van der Waals surface area contributed by atoms with Crippen LogP contribution >= 0.6 is 11.3 Å². The zero-order chi connectivity index (χ0) is 14.1. The van der Waals surface area contributed by atoms with Crippen molar-refractivity contribution in [2.45, 2.75) is 6.42 Å². The molecule has 1 N–H and O–H groups in total. The summed E-state index contributed by atoms with van der Waals surface area (Å²) in [4.78, 5) is 12.3. The SMILES string of the molecule is O=C(Cc1ccc(F)cc1)c1c(O)sc2ccccc12. The average molecular weight is 286 g/mol. The van der Waals surface area contributed by atoms with Gasteiger partial charge in [-0.3, -0.25) is 4.79 Å². The van der Waals surface area contributed by atoms with Gasteiger partial charge in [-0.1, -0.05) is 41.7 Å². The van der Waals surface area contributed by atoms with E-state index in [-0.39, 0.29) is 23.1 Å². The lowest BCUT2D eigenvalue weighted by atomic mass is 10.0. The number of benzene rings is 2. The van der Waals surface area contributed by atoms with Crippen molar-refractivity contribution in [2.24, 2.45) is 0 Å². The smallest absolute Gasteiger partial charge is 0.183 e. The van der Waals surface area contributed by atoms with Crippen molar-refractivity contribution in [2.75, 3.05) is 0 Å². The molecule has 0 fully saturated rings. The molecule has 0 saturated heterocycles. The summed E-state index contributed by atoms with van der Waals surface area (Å²) in [6.45, 7) is 0. The molecule has 0 radical (unpaired) electrons. The molecule has 0 saturated carbocycles. The summed E-state index contributed by atoms with van der Waals surface area (Å²) >= 11 is 1.19. The van der Waals surface area contributed by atoms with Crippen molar-refractivity contribution in [1.29, 1.82) is 0 Å². The van der Waals surface area contributed by atoms with E-state index in [0.717, 1.165) is 15.6 Å². The largest absolute Gasteiger partial charge is 0.499 e. The van der Waals surface area contributed by atoms with Crippen molar-refractivity contribution in [1.82, 2.24) is 0 Å². The fraction of sp³-hybridized carbons (Fsp3) is 0.0625. The Bertz CT molecular complexity index is 775. The third-order valence-electron chi connectivity index (χ3n) is 3.13. The van der Waals surface area contributed by atoms with Crippen LogP contribution in [0.15, 0.2) is 48.5 Å². The number of halogens is 1. The highest BCUT2D eigenvalue weighted by molar-refractivity contribution is 7.21. The molecule has 1 aromatic heterocycles. The van der Waals surface area contributed by atoms with Gasteiger partial charge in [0, 0.05) is 16.5 Å². The number of Topliss-reactive ketones (excluding diaryl/α,β-unsaturated/α-hetero) is 1. The normalized spacial score (nSPS) is 10.8. The Morgan fingerprint density at radius 1 is 1.10 bits per heavy atom. The Hall–Kier alpha value is -2.20. The van der Waals surface area contributed by atoms with E-state index in [9.17, 15) is 14.3 Å². The van der Waals surface area contributed by atoms with Gasteiger partial charge in [-0.25, -0.2) is 4.39 Å². The van der Waals surface area contributed by atoms with Crippen LogP contribution in [-0.2, 0) is 6.42 Å². The third kappa shape index (κ3) is 2.30. The molecule has 0 aliphatic rings. The van der Waals surface area contributed by atoms with Crippen LogP contribution in [0.1, 0.15) is 15.9 Å². The number of fused-ring (bicyclic) bond motifs is 1. The van der Waals surface area contributed by atoms with Crippen molar-refractivity contribution >= 4 is 27.2 Å². The molecule has 0 unspecified atom stereocenters. The van der Waals surface area contributed by atoms with Crippen LogP contribution in [-0.4, -0.2) is 10.9 Å². The van der Waals surface area contributed by atoms with Crippen LogP contribution in [0.4, 0.5) is 4.39 Å². The number of carbonyl (C=O) groups is 1. The summed E-state index contributed by atoms with van der Waals surface area (Å²) in [6, 6.07) is 13.2. The fourth-order valence-corrected chi connectivity index (χ4v) is 3.14. The number of carbonyl (C=O) groups excluding carboxylic acids is 1. The summed E-state index contributed by atoms with van der Waals surface area (Å²) in [5.41, 5.74) is 1.08. The van der Waals surface area contributed by atoms with Crippen LogP contribution in [0, 0.1) is 5.82 Å². The maximum Gasteiger partial charge on any atom is 0.183 e. The fourth-order valence-electron chi connectivity index (χ4n) is 2.18. The summed E-state index contributed by atoms with van der Waals surface area (Å²) in [6.07, 6.45) is 0.147. The van der Waals surface area contributed by atoms with Gasteiger partial charge >= 0.3 is 0 Å².